The van der Waals surface area contributed by atoms with Crippen LogP contribution in [0.1, 0.15) is 37.1 Å². The highest BCUT2D eigenvalue weighted by molar-refractivity contribution is 7.99. The Kier molecular flexibility index (Phi) is 2.90. The Morgan fingerprint density at radius 1 is 1.44 bits per heavy atom. The topological polar surface area (TPSA) is 56.7 Å². The summed E-state index contributed by atoms with van der Waals surface area (Å²) >= 11 is 2.05. The summed E-state index contributed by atoms with van der Waals surface area (Å²) in [6.45, 7) is 0. The maximum Gasteiger partial charge on any atom is 0.151 e. The number of hydrogen-bond donors (Lipinski definition) is 1. The van der Waals surface area contributed by atoms with E-state index in [1.165, 1.54) is 17.9 Å². The van der Waals surface area contributed by atoms with E-state index < -0.39 is 0 Å². The summed E-state index contributed by atoms with van der Waals surface area (Å²) in [5.74, 6) is 5.47. The zero-order chi connectivity index (χ0) is 11.0. The first kappa shape index (κ1) is 10.6. The monoisotopic (exact) mass is 238 g/mol. The predicted molar refractivity (Wildman–Crippen MR) is 65.3 cm³/mol. The summed E-state index contributed by atoms with van der Waals surface area (Å²) in [4.78, 5) is 4.63. The first-order chi connectivity index (χ1) is 7.83. The Balaban J connectivity index is 1.75. The third-order valence-electron chi connectivity index (χ3n) is 3.46. The number of rotatable bonds is 2. The number of fused-ring (bicyclic) bond motifs is 1. The lowest BCUT2D eigenvalue weighted by atomic mass is 10.1. The van der Waals surface area contributed by atoms with Gasteiger partial charge < -0.3 is 5.73 Å². The fourth-order valence-corrected chi connectivity index (χ4v) is 3.81. The molecule has 1 fully saturated rings. The van der Waals surface area contributed by atoms with Crippen LogP contribution in [0.4, 0.5) is 0 Å². The van der Waals surface area contributed by atoms with E-state index in [0.717, 1.165) is 43.3 Å². The van der Waals surface area contributed by atoms with Crippen molar-refractivity contribution in [1.29, 1.82) is 0 Å². The van der Waals surface area contributed by atoms with Crippen molar-refractivity contribution < 1.29 is 0 Å². The summed E-state index contributed by atoms with van der Waals surface area (Å²) in [5.41, 5.74) is 6.02. The van der Waals surface area contributed by atoms with Crippen molar-refractivity contribution >= 4 is 11.8 Å². The van der Waals surface area contributed by atoms with Crippen molar-refractivity contribution in [3.8, 4) is 0 Å². The fourth-order valence-electron chi connectivity index (χ4n) is 2.52. The quantitative estimate of drug-likeness (QED) is 0.845. The average molecular weight is 238 g/mol. The Morgan fingerprint density at radius 2 is 2.38 bits per heavy atom. The van der Waals surface area contributed by atoms with E-state index in [1.54, 1.807) is 0 Å². The Hall–Kier alpha value is -0.550. The zero-order valence-corrected chi connectivity index (χ0v) is 10.2. The molecule has 3 rings (SSSR count). The number of nitrogens with two attached hydrogens (primary N) is 1. The molecule has 0 spiro atoms. The summed E-state index contributed by atoms with van der Waals surface area (Å²) in [6, 6.07) is 0. The lowest BCUT2D eigenvalue weighted by molar-refractivity contribution is 0.370. The summed E-state index contributed by atoms with van der Waals surface area (Å²) in [7, 11) is 0. The molecule has 0 amide bonds. The van der Waals surface area contributed by atoms with E-state index in [9.17, 15) is 0 Å². The summed E-state index contributed by atoms with van der Waals surface area (Å²) in [5, 5.41) is 4.57. The second-order valence-corrected chi connectivity index (χ2v) is 5.93. The van der Waals surface area contributed by atoms with Gasteiger partial charge in [-0.2, -0.15) is 16.9 Å². The number of aromatic nitrogens is 3. The molecule has 3 heterocycles. The van der Waals surface area contributed by atoms with Gasteiger partial charge in [0.1, 0.15) is 12.0 Å². The highest BCUT2D eigenvalue weighted by atomic mass is 32.2. The molecule has 0 radical (unpaired) electrons. The molecule has 16 heavy (non-hydrogen) atoms. The van der Waals surface area contributed by atoms with Gasteiger partial charge in [0.2, 0.25) is 0 Å². The number of hydrogen-bond acceptors (Lipinski definition) is 4. The normalized spacial score (nSPS) is 29.3. The highest BCUT2D eigenvalue weighted by Crippen LogP contribution is 2.26. The van der Waals surface area contributed by atoms with Crippen LogP contribution in [0.25, 0.3) is 0 Å². The van der Waals surface area contributed by atoms with E-state index in [4.69, 9.17) is 5.73 Å². The minimum atomic E-state index is 0.0583. The van der Waals surface area contributed by atoms with Crippen LogP contribution in [0.5, 0.6) is 0 Å². The molecule has 5 heteroatoms. The molecule has 0 aromatic carbocycles. The van der Waals surface area contributed by atoms with Crippen LogP contribution in [0, 0.1) is 5.92 Å². The van der Waals surface area contributed by atoms with Gasteiger partial charge in [0.15, 0.2) is 5.82 Å². The van der Waals surface area contributed by atoms with Gasteiger partial charge in [-0.05, 0) is 36.7 Å². The van der Waals surface area contributed by atoms with Crippen molar-refractivity contribution in [2.75, 3.05) is 11.5 Å². The third-order valence-corrected chi connectivity index (χ3v) is 4.69. The minimum Gasteiger partial charge on any atom is -0.310 e. The van der Waals surface area contributed by atoms with Gasteiger partial charge in [0, 0.05) is 12.8 Å². The van der Waals surface area contributed by atoms with Gasteiger partial charge in [0.05, 0.1) is 0 Å². The molecule has 1 aromatic rings. The lowest BCUT2D eigenvalue weighted by Crippen LogP contribution is -2.25. The van der Waals surface area contributed by atoms with E-state index in [-0.39, 0.29) is 6.17 Å². The second-order valence-electron chi connectivity index (χ2n) is 4.78. The van der Waals surface area contributed by atoms with Crippen LogP contribution in [-0.2, 0) is 12.8 Å². The minimum absolute atomic E-state index is 0.0583. The van der Waals surface area contributed by atoms with Crippen molar-refractivity contribution in [1.82, 2.24) is 14.8 Å². The largest absolute Gasteiger partial charge is 0.310 e. The summed E-state index contributed by atoms with van der Waals surface area (Å²) < 4.78 is 1.95. The first-order valence-electron chi connectivity index (χ1n) is 6.10. The molecule has 2 atom stereocenters. The van der Waals surface area contributed by atoms with Crippen LogP contribution in [-0.4, -0.2) is 26.3 Å². The molecular formula is C11H18N4S. The SMILES string of the molecule is NC1CCCc2nc(CC3CCSC3)nn21. The average Bonchev–Trinajstić information content (AvgIpc) is 2.88. The molecule has 2 N–H and O–H groups in total. The predicted octanol–water partition coefficient (Wildman–Crippen LogP) is 1.37. The molecule has 2 aliphatic heterocycles. The molecule has 2 aliphatic rings. The first-order valence-corrected chi connectivity index (χ1v) is 7.26. The maximum atomic E-state index is 6.02. The fraction of sp³-hybridized carbons (Fsp3) is 0.818. The van der Waals surface area contributed by atoms with Crippen LogP contribution < -0.4 is 5.73 Å². The number of nitrogens with zero attached hydrogens (tertiary/aromatic N) is 3. The van der Waals surface area contributed by atoms with Crippen molar-refractivity contribution in [2.45, 2.75) is 38.3 Å². The van der Waals surface area contributed by atoms with Gasteiger partial charge in [-0.15, -0.1) is 0 Å². The summed E-state index contributed by atoms with van der Waals surface area (Å²) in [6.07, 6.45) is 5.65. The standard InChI is InChI=1S/C11H18N4S/c12-9-2-1-3-11-13-10(14-15(9)11)6-8-4-5-16-7-8/h8-9H,1-7,12H2. The van der Waals surface area contributed by atoms with Crippen molar-refractivity contribution in [3.05, 3.63) is 11.6 Å². The van der Waals surface area contributed by atoms with Crippen LogP contribution in [0.15, 0.2) is 0 Å². The Morgan fingerprint density at radius 3 is 3.12 bits per heavy atom. The molecule has 0 bridgehead atoms. The molecule has 4 nitrogen and oxygen atoms in total. The van der Waals surface area contributed by atoms with Gasteiger partial charge in [0.25, 0.3) is 0 Å². The van der Waals surface area contributed by atoms with Crippen LogP contribution in [0.2, 0.25) is 0 Å². The van der Waals surface area contributed by atoms with Gasteiger partial charge >= 0.3 is 0 Å². The van der Waals surface area contributed by atoms with Crippen LogP contribution in [0.3, 0.4) is 0 Å². The maximum absolute atomic E-state index is 6.02. The molecular weight excluding hydrogens is 220 g/mol. The third kappa shape index (κ3) is 1.98. The zero-order valence-electron chi connectivity index (χ0n) is 9.43. The molecule has 1 aromatic heterocycles. The van der Waals surface area contributed by atoms with E-state index in [1.807, 2.05) is 16.4 Å². The smallest absolute Gasteiger partial charge is 0.151 e. The molecule has 0 aliphatic carbocycles. The molecule has 0 saturated carbocycles. The Bertz CT molecular complexity index is 370. The number of aryl methyl sites for hydroxylation is 1. The van der Waals surface area contributed by atoms with E-state index >= 15 is 0 Å². The van der Waals surface area contributed by atoms with E-state index in [2.05, 4.69) is 10.1 Å². The van der Waals surface area contributed by atoms with Crippen molar-refractivity contribution in [2.24, 2.45) is 11.7 Å². The van der Waals surface area contributed by atoms with Crippen LogP contribution >= 0.6 is 11.8 Å². The molecule has 88 valence electrons. The van der Waals surface area contributed by atoms with Crippen molar-refractivity contribution in [3.63, 3.8) is 0 Å². The van der Waals surface area contributed by atoms with Gasteiger partial charge in [-0.25, -0.2) is 9.67 Å². The van der Waals surface area contributed by atoms with Gasteiger partial charge in [-0.1, -0.05) is 0 Å². The molecule has 1 saturated heterocycles. The second kappa shape index (κ2) is 4.37. The Labute approximate surface area is 100.0 Å². The number of thioether (sulfide) groups is 1. The molecule has 2 unspecified atom stereocenters. The lowest BCUT2D eigenvalue weighted by Gasteiger charge is -2.18. The highest BCUT2D eigenvalue weighted by Gasteiger charge is 2.23. The van der Waals surface area contributed by atoms with E-state index in [0.29, 0.717) is 0 Å². The van der Waals surface area contributed by atoms with Gasteiger partial charge in [-0.3, -0.25) is 0 Å².